The van der Waals surface area contributed by atoms with Crippen LogP contribution in [0.3, 0.4) is 0 Å². The molecule has 1 aromatic carbocycles. The summed E-state index contributed by atoms with van der Waals surface area (Å²) in [6.45, 7) is 6.27. The molecule has 0 aliphatic carbocycles. The molecule has 2 atom stereocenters. The highest BCUT2D eigenvalue weighted by Crippen LogP contribution is 2.37. The third kappa shape index (κ3) is 5.58. The monoisotopic (exact) mass is 361 g/mol. The minimum absolute atomic E-state index is 0.0664. The van der Waals surface area contributed by atoms with Crippen LogP contribution in [-0.2, 0) is 23.7 Å². The molecule has 0 spiro atoms. The maximum Gasteiger partial charge on any atom is 0.416 e. The summed E-state index contributed by atoms with van der Waals surface area (Å²) < 4.78 is 90.6. The Morgan fingerprint density at radius 1 is 0.913 bits per heavy atom. The molecular weight excluding hydrogens is 344 g/mol. The fourth-order valence-corrected chi connectivity index (χ4v) is 2.45. The smallest absolute Gasteiger partial charge is 0.416 e. The lowest BCUT2D eigenvalue weighted by Gasteiger charge is -2.27. The van der Waals surface area contributed by atoms with E-state index in [-0.39, 0.29) is 11.6 Å². The highest BCUT2D eigenvalue weighted by atomic mass is 32.2. The number of halogens is 6. The molecular formula is C14H17F6NOS. The van der Waals surface area contributed by atoms with E-state index in [1.165, 1.54) is 6.92 Å². The van der Waals surface area contributed by atoms with Gasteiger partial charge in [0.25, 0.3) is 0 Å². The van der Waals surface area contributed by atoms with Crippen molar-refractivity contribution in [2.24, 2.45) is 0 Å². The van der Waals surface area contributed by atoms with Gasteiger partial charge in [0.15, 0.2) is 0 Å². The first-order valence-electron chi connectivity index (χ1n) is 6.60. The van der Waals surface area contributed by atoms with Crippen LogP contribution in [0.1, 0.15) is 50.4 Å². The summed E-state index contributed by atoms with van der Waals surface area (Å²) in [6.07, 6.45) is -9.81. The number of hydrogen-bond donors (Lipinski definition) is 1. The van der Waals surface area contributed by atoms with Gasteiger partial charge in [-0.2, -0.15) is 26.3 Å². The molecule has 1 rings (SSSR count). The van der Waals surface area contributed by atoms with E-state index >= 15 is 0 Å². The van der Waals surface area contributed by atoms with Gasteiger partial charge < -0.3 is 4.55 Å². The van der Waals surface area contributed by atoms with E-state index in [1.54, 1.807) is 20.8 Å². The van der Waals surface area contributed by atoms with Crippen molar-refractivity contribution in [3.05, 3.63) is 34.9 Å². The Morgan fingerprint density at radius 3 is 1.61 bits per heavy atom. The van der Waals surface area contributed by atoms with Crippen LogP contribution in [0, 0.1) is 0 Å². The van der Waals surface area contributed by atoms with E-state index in [9.17, 15) is 30.9 Å². The second-order valence-corrected chi connectivity index (χ2v) is 8.06. The summed E-state index contributed by atoms with van der Waals surface area (Å²) in [5, 5.41) is 0. The molecule has 0 amide bonds. The number of benzene rings is 1. The van der Waals surface area contributed by atoms with Crippen molar-refractivity contribution in [3.63, 3.8) is 0 Å². The van der Waals surface area contributed by atoms with Gasteiger partial charge in [0.1, 0.15) is 4.75 Å². The summed E-state index contributed by atoms with van der Waals surface area (Å²) >= 11 is -1.64. The van der Waals surface area contributed by atoms with Gasteiger partial charge in [-0.3, -0.25) is 0 Å². The summed E-state index contributed by atoms with van der Waals surface area (Å²) in [6, 6.07) is 0.384. The SMILES string of the molecule is C[C@H](N[S@+]([O-])C(C)(C)C)c1cc(C(F)(F)F)cc(C(F)(F)F)c1. The lowest BCUT2D eigenvalue weighted by atomic mass is 10.0. The van der Waals surface area contributed by atoms with Crippen LogP contribution in [0.25, 0.3) is 0 Å². The first-order valence-corrected chi connectivity index (χ1v) is 7.75. The number of hydrogen-bond acceptors (Lipinski definition) is 2. The topological polar surface area (TPSA) is 35.1 Å². The maximum atomic E-state index is 12.8. The average Bonchev–Trinajstić information content (AvgIpc) is 2.34. The zero-order chi connectivity index (χ0) is 18.2. The lowest BCUT2D eigenvalue weighted by Crippen LogP contribution is -2.40. The van der Waals surface area contributed by atoms with Gasteiger partial charge in [-0.1, -0.05) is 0 Å². The third-order valence-corrected chi connectivity index (χ3v) is 4.63. The van der Waals surface area contributed by atoms with Gasteiger partial charge in [-0.05, 0) is 51.5 Å². The molecule has 0 saturated heterocycles. The van der Waals surface area contributed by atoms with Crippen LogP contribution in [0.4, 0.5) is 26.3 Å². The van der Waals surface area contributed by atoms with Gasteiger partial charge in [0.2, 0.25) is 0 Å². The quantitative estimate of drug-likeness (QED) is 0.618. The fourth-order valence-electron chi connectivity index (χ4n) is 1.63. The van der Waals surface area contributed by atoms with Crippen LogP contribution >= 0.6 is 0 Å². The van der Waals surface area contributed by atoms with E-state index in [1.807, 2.05) is 0 Å². The third-order valence-electron chi connectivity index (χ3n) is 2.95. The average molecular weight is 361 g/mol. The van der Waals surface area contributed by atoms with Crippen molar-refractivity contribution >= 4 is 11.4 Å². The molecule has 0 saturated carbocycles. The summed E-state index contributed by atoms with van der Waals surface area (Å²) in [7, 11) is 0. The van der Waals surface area contributed by atoms with Crippen molar-refractivity contribution in [1.82, 2.24) is 4.72 Å². The van der Waals surface area contributed by atoms with Crippen molar-refractivity contribution in [1.29, 1.82) is 0 Å². The normalized spacial score (nSPS) is 16.3. The van der Waals surface area contributed by atoms with Gasteiger partial charge in [-0.25, -0.2) is 0 Å². The molecule has 0 heterocycles. The number of alkyl halides is 6. The zero-order valence-electron chi connectivity index (χ0n) is 12.9. The molecule has 0 aromatic heterocycles. The second kappa shape index (κ2) is 6.52. The van der Waals surface area contributed by atoms with Crippen LogP contribution < -0.4 is 4.72 Å². The Bertz CT molecular complexity index is 517. The van der Waals surface area contributed by atoms with Crippen LogP contribution in [0.2, 0.25) is 0 Å². The first kappa shape index (κ1) is 20.1. The number of nitrogens with one attached hydrogen (secondary N) is 1. The van der Waals surface area contributed by atoms with Gasteiger partial charge in [0, 0.05) is 11.4 Å². The molecule has 1 aromatic rings. The zero-order valence-corrected chi connectivity index (χ0v) is 13.7. The van der Waals surface area contributed by atoms with Gasteiger partial charge in [-0.15, -0.1) is 4.72 Å². The molecule has 0 aliphatic heterocycles. The van der Waals surface area contributed by atoms with Gasteiger partial charge >= 0.3 is 12.4 Å². The highest BCUT2D eigenvalue weighted by Gasteiger charge is 2.38. The Hall–Kier alpha value is -0.930. The fraction of sp³-hybridized carbons (Fsp3) is 0.571. The molecule has 9 heteroatoms. The standard InChI is InChI=1S/C14H17F6NOS/c1-8(21-23(22)12(2,3)4)9-5-10(13(15,16)17)7-11(6-9)14(18,19)20/h5-8,21H,1-4H3/t8-,23+/m0/s1. The van der Waals surface area contributed by atoms with E-state index in [4.69, 9.17) is 0 Å². The summed E-state index contributed by atoms with van der Waals surface area (Å²) in [4.78, 5) is 0. The minimum Gasteiger partial charge on any atom is -0.598 e. The van der Waals surface area contributed by atoms with Crippen LogP contribution in [0.5, 0.6) is 0 Å². The molecule has 0 fully saturated rings. The minimum atomic E-state index is -4.90. The van der Waals surface area contributed by atoms with Crippen molar-refractivity contribution in [2.45, 2.75) is 50.8 Å². The van der Waals surface area contributed by atoms with E-state index in [2.05, 4.69) is 4.72 Å². The van der Waals surface area contributed by atoms with Crippen LogP contribution in [0.15, 0.2) is 18.2 Å². The Balaban J connectivity index is 3.25. The predicted octanol–water partition coefficient (Wildman–Crippen LogP) is 4.84. The Labute approximate surface area is 133 Å². The molecule has 0 bridgehead atoms. The van der Waals surface area contributed by atoms with E-state index < -0.39 is 45.6 Å². The predicted molar refractivity (Wildman–Crippen MR) is 75.9 cm³/mol. The largest absolute Gasteiger partial charge is 0.598 e. The highest BCUT2D eigenvalue weighted by molar-refractivity contribution is 7.90. The maximum absolute atomic E-state index is 12.8. The van der Waals surface area contributed by atoms with Crippen LogP contribution in [-0.4, -0.2) is 9.30 Å². The van der Waals surface area contributed by atoms with Crippen molar-refractivity contribution in [2.75, 3.05) is 0 Å². The molecule has 0 radical (unpaired) electrons. The van der Waals surface area contributed by atoms with Crippen molar-refractivity contribution in [3.8, 4) is 0 Å². The van der Waals surface area contributed by atoms with Crippen molar-refractivity contribution < 1.29 is 30.9 Å². The molecule has 1 N–H and O–H groups in total. The van der Waals surface area contributed by atoms with E-state index in [0.717, 1.165) is 0 Å². The summed E-state index contributed by atoms with van der Waals surface area (Å²) in [5.74, 6) is 0. The Morgan fingerprint density at radius 2 is 1.30 bits per heavy atom. The second-order valence-electron chi connectivity index (χ2n) is 6.06. The van der Waals surface area contributed by atoms with Gasteiger partial charge in [0.05, 0.1) is 17.2 Å². The molecule has 132 valence electrons. The molecule has 0 aliphatic rings. The first-order chi connectivity index (χ1) is 10.1. The van der Waals surface area contributed by atoms with E-state index in [0.29, 0.717) is 12.1 Å². The summed E-state index contributed by atoms with van der Waals surface area (Å²) in [5.41, 5.74) is -3.01. The lowest BCUT2D eigenvalue weighted by molar-refractivity contribution is -0.143. The Kier molecular flexibility index (Phi) is 5.71. The molecule has 0 unspecified atom stereocenters. The molecule has 23 heavy (non-hydrogen) atoms. The number of rotatable bonds is 3. The molecule has 2 nitrogen and oxygen atoms in total.